The SMILES string of the molecule is CCOP(=O)(OCC)OCC.O=[P+](O)C(c1ccccc1)(c1ccccc1)c1ccccc1. The highest BCUT2D eigenvalue weighted by molar-refractivity contribution is 7.48. The van der Waals surface area contributed by atoms with Crippen LogP contribution in [-0.2, 0) is 27.9 Å². The van der Waals surface area contributed by atoms with Crippen LogP contribution in [0.1, 0.15) is 37.5 Å². The normalized spacial score (nSPS) is 11.9. The molecule has 0 aromatic heterocycles. The Morgan fingerprint density at radius 3 is 1.15 bits per heavy atom. The molecule has 0 aliphatic carbocycles. The Labute approximate surface area is 197 Å². The zero-order chi connectivity index (χ0) is 24.2. The molecule has 0 saturated carbocycles. The van der Waals surface area contributed by atoms with Gasteiger partial charge >= 0.3 is 15.9 Å². The summed E-state index contributed by atoms with van der Waals surface area (Å²) >= 11 is 0. The predicted octanol–water partition coefficient (Wildman–Crippen LogP) is 6.92. The molecule has 0 amide bonds. The van der Waals surface area contributed by atoms with Crippen molar-refractivity contribution in [1.29, 1.82) is 0 Å². The monoisotopic (exact) mass is 489 g/mol. The maximum absolute atomic E-state index is 12.6. The minimum Gasteiger partial charge on any atom is -0.287 e. The molecule has 6 nitrogen and oxygen atoms in total. The Kier molecular flexibility index (Phi) is 11.1. The van der Waals surface area contributed by atoms with Crippen LogP contribution < -0.4 is 0 Å². The van der Waals surface area contributed by atoms with Gasteiger partial charge in [-0.25, -0.2) is 4.57 Å². The zero-order valence-corrected chi connectivity index (χ0v) is 21.0. The van der Waals surface area contributed by atoms with Crippen LogP contribution in [0.2, 0.25) is 0 Å². The van der Waals surface area contributed by atoms with Gasteiger partial charge in [-0.15, -0.1) is 0 Å². The van der Waals surface area contributed by atoms with Crippen LogP contribution in [0, 0.1) is 0 Å². The molecule has 3 aromatic rings. The van der Waals surface area contributed by atoms with Crippen molar-refractivity contribution < 1.29 is 27.6 Å². The molecule has 0 fully saturated rings. The minimum atomic E-state index is -3.22. The van der Waals surface area contributed by atoms with Gasteiger partial charge in [0.15, 0.2) is 0 Å². The van der Waals surface area contributed by atoms with Crippen LogP contribution in [0.3, 0.4) is 0 Å². The molecule has 176 valence electrons. The molecule has 0 radical (unpaired) electrons. The second-order valence-corrected chi connectivity index (χ2v) is 9.67. The highest BCUT2D eigenvalue weighted by atomic mass is 31.2. The number of benzene rings is 3. The maximum Gasteiger partial charge on any atom is 0.526 e. The summed E-state index contributed by atoms with van der Waals surface area (Å²) in [4.78, 5) is 10.3. The van der Waals surface area contributed by atoms with Gasteiger partial charge in [0, 0.05) is 16.7 Å². The van der Waals surface area contributed by atoms with E-state index in [2.05, 4.69) is 0 Å². The van der Waals surface area contributed by atoms with E-state index in [1.54, 1.807) is 20.8 Å². The fraction of sp³-hybridized carbons (Fsp3) is 0.280. The lowest BCUT2D eigenvalue weighted by molar-refractivity contribution is 0.126. The fourth-order valence-corrected chi connectivity index (χ4v) is 5.74. The van der Waals surface area contributed by atoms with Gasteiger partial charge in [0.05, 0.1) is 19.8 Å². The summed E-state index contributed by atoms with van der Waals surface area (Å²) in [7, 11) is -5.75. The highest BCUT2D eigenvalue weighted by Gasteiger charge is 2.54. The number of phosphoric ester groups is 1. The molecular formula is C25H31O6P2+. The molecule has 8 heteroatoms. The number of phosphoric acid groups is 1. The first-order valence-electron chi connectivity index (χ1n) is 10.8. The minimum absolute atomic E-state index is 0.331. The lowest BCUT2D eigenvalue weighted by atomic mass is 9.84. The van der Waals surface area contributed by atoms with Crippen molar-refractivity contribution in [3.05, 3.63) is 108 Å². The maximum atomic E-state index is 12.6. The van der Waals surface area contributed by atoms with Crippen molar-refractivity contribution in [3.8, 4) is 0 Å². The van der Waals surface area contributed by atoms with E-state index in [-0.39, 0.29) is 0 Å². The third-order valence-electron chi connectivity index (χ3n) is 4.72. The zero-order valence-electron chi connectivity index (χ0n) is 19.2. The molecule has 3 rings (SSSR count). The van der Waals surface area contributed by atoms with Gasteiger partial charge in [0.25, 0.3) is 5.16 Å². The first-order chi connectivity index (χ1) is 15.9. The molecule has 33 heavy (non-hydrogen) atoms. The van der Waals surface area contributed by atoms with E-state index in [0.29, 0.717) is 19.8 Å². The topological polar surface area (TPSA) is 82.1 Å². The number of rotatable bonds is 10. The molecule has 0 spiro atoms. The summed E-state index contributed by atoms with van der Waals surface area (Å²) in [5, 5.41) is -1.06. The van der Waals surface area contributed by atoms with Gasteiger partial charge < -0.3 is 0 Å². The van der Waals surface area contributed by atoms with Crippen molar-refractivity contribution in [2.75, 3.05) is 19.8 Å². The van der Waals surface area contributed by atoms with E-state index in [1.807, 2.05) is 91.0 Å². The smallest absolute Gasteiger partial charge is 0.287 e. The van der Waals surface area contributed by atoms with E-state index in [9.17, 15) is 14.0 Å². The average Bonchev–Trinajstić information content (AvgIpc) is 2.82. The van der Waals surface area contributed by atoms with Crippen LogP contribution in [0.25, 0.3) is 0 Å². The van der Waals surface area contributed by atoms with Crippen LogP contribution >= 0.6 is 15.9 Å². The molecule has 1 unspecified atom stereocenters. The van der Waals surface area contributed by atoms with Crippen molar-refractivity contribution in [2.24, 2.45) is 0 Å². The Morgan fingerprint density at radius 1 is 0.667 bits per heavy atom. The van der Waals surface area contributed by atoms with Crippen molar-refractivity contribution in [2.45, 2.75) is 25.9 Å². The first-order valence-corrected chi connectivity index (χ1v) is 13.5. The molecule has 0 saturated heterocycles. The second-order valence-electron chi connectivity index (χ2n) is 6.78. The summed E-state index contributed by atoms with van der Waals surface area (Å²) in [5.74, 6) is 0. The summed E-state index contributed by atoms with van der Waals surface area (Å²) in [6, 6.07) is 28.6. The van der Waals surface area contributed by atoms with Crippen LogP contribution in [0.5, 0.6) is 0 Å². The highest BCUT2D eigenvalue weighted by Crippen LogP contribution is 2.54. The molecule has 1 N–H and O–H groups in total. The second kappa shape index (κ2) is 13.5. The van der Waals surface area contributed by atoms with E-state index in [0.717, 1.165) is 16.7 Å². The fourth-order valence-electron chi connectivity index (χ4n) is 3.46. The van der Waals surface area contributed by atoms with Crippen LogP contribution in [0.4, 0.5) is 0 Å². The average molecular weight is 489 g/mol. The lowest BCUT2D eigenvalue weighted by Crippen LogP contribution is -2.25. The van der Waals surface area contributed by atoms with Crippen molar-refractivity contribution >= 4 is 15.9 Å². The standard InChI is InChI=1S/C19H15O2P.C6H15O4P/c20-22(21)19(16-10-4-1-5-11-16,17-12-6-2-7-13-17)18-14-8-3-9-15-18;1-4-8-11(7,9-5-2)10-6-3/h1-15H;4-6H2,1-3H3/p+1. The van der Waals surface area contributed by atoms with Gasteiger partial charge in [-0.3, -0.25) is 13.6 Å². The first kappa shape index (κ1) is 27.1. The summed E-state index contributed by atoms with van der Waals surface area (Å²) in [5.41, 5.74) is 2.45. The lowest BCUT2D eigenvalue weighted by Gasteiger charge is -2.23. The van der Waals surface area contributed by atoms with E-state index in [4.69, 9.17) is 13.6 Å². The molecule has 0 aliphatic heterocycles. The van der Waals surface area contributed by atoms with Crippen LogP contribution in [0.15, 0.2) is 91.0 Å². The molecule has 0 aliphatic rings. The predicted molar refractivity (Wildman–Crippen MR) is 132 cm³/mol. The van der Waals surface area contributed by atoms with E-state index >= 15 is 0 Å². The molecular weight excluding hydrogens is 458 g/mol. The Morgan fingerprint density at radius 2 is 0.939 bits per heavy atom. The Balaban J connectivity index is 0.000000299. The molecule has 3 aromatic carbocycles. The Bertz CT molecular complexity index is 892. The third kappa shape index (κ3) is 6.91. The van der Waals surface area contributed by atoms with E-state index < -0.39 is 21.0 Å². The van der Waals surface area contributed by atoms with E-state index in [1.165, 1.54) is 0 Å². The summed E-state index contributed by atoms with van der Waals surface area (Å²) in [6.07, 6.45) is 0. The van der Waals surface area contributed by atoms with Crippen LogP contribution in [-0.4, -0.2) is 24.7 Å². The molecule has 0 heterocycles. The summed E-state index contributed by atoms with van der Waals surface area (Å²) in [6.45, 7) is 6.21. The van der Waals surface area contributed by atoms with Gasteiger partial charge in [-0.2, -0.15) is 4.89 Å². The van der Waals surface area contributed by atoms with Gasteiger partial charge in [-0.05, 0) is 25.3 Å². The third-order valence-corrected chi connectivity index (χ3v) is 7.79. The van der Waals surface area contributed by atoms with Crippen molar-refractivity contribution in [3.63, 3.8) is 0 Å². The number of hydrogen-bond donors (Lipinski definition) is 1. The van der Waals surface area contributed by atoms with Gasteiger partial charge in [0.1, 0.15) is 0 Å². The Hall–Kier alpha value is -2.17. The largest absolute Gasteiger partial charge is 0.526 e. The molecule has 1 atom stereocenters. The van der Waals surface area contributed by atoms with Gasteiger partial charge in [-0.1, -0.05) is 91.0 Å². The number of hydrogen-bond acceptors (Lipinski definition) is 5. The van der Waals surface area contributed by atoms with Crippen molar-refractivity contribution in [1.82, 2.24) is 0 Å². The van der Waals surface area contributed by atoms with Gasteiger partial charge in [0.2, 0.25) is 0 Å². The summed E-state index contributed by atoms with van der Waals surface area (Å²) < 4.78 is 38.4. The quantitative estimate of drug-likeness (QED) is 0.246. The molecule has 0 bridgehead atoms.